The molecule has 0 fully saturated rings. The van der Waals surface area contributed by atoms with E-state index in [1.165, 1.54) is 18.4 Å². The minimum absolute atomic E-state index is 0.234. The molecule has 0 amide bonds. The minimum Gasteiger partial charge on any atom is -0.423 e. The van der Waals surface area contributed by atoms with Gasteiger partial charge in [-0.25, -0.2) is 9.97 Å². The predicted octanol–water partition coefficient (Wildman–Crippen LogP) is 6.72. The van der Waals surface area contributed by atoms with Crippen LogP contribution in [-0.4, -0.2) is 29.2 Å². The van der Waals surface area contributed by atoms with Gasteiger partial charge in [-0.2, -0.15) is 0 Å². The highest BCUT2D eigenvalue weighted by Gasteiger charge is 2.07. The molecule has 0 aliphatic rings. The number of unbranched alkanes of at least 4 members (excludes halogenated alkanes) is 4. The van der Waals surface area contributed by atoms with Gasteiger partial charge >= 0.3 is 5.97 Å². The summed E-state index contributed by atoms with van der Waals surface area (Å²) >= 11 is 0. The van der Waals surface area contributed by atoms with E-state index in [0.717, 1.165) is 63.7 Å². The Hall–Kier alpha value is -2.53. The highest BCUT2D eigenvalue weighted by Crippen LogP contribution is 2.19. The second-order valence-electron chi connectivity index (χ2n) is 7.96. The molecule has 0 atom stereocenters. The number of hydrogen-bond donors (Lipinski definition) is 0. The zero-order chi connectivity index (χ0) is 22.9. The van der Waals surface area contributed by atoms with E-state index in [1.807, 2.05) is 12.1 Å². The Morgan fingerprint density at radius 1 is 0.906 bits per heavy atom. The van der Waals surface area contributed by atoms with Crippen LogP contribution in [0.3, 0.4) is 0 Å². The van der Waals surface area contributed by atoms with Gasteiger partial charge in [0.15, 0.2) is 11.6 Å². The van der Waals surface area contributed by atoms with E-state index in [4.69, 9.17) is 9.47 Å². The Balaban J connectivity index is 1.70. The van der Waals surface area contributed by atoms with Crippen LogP contribution in [0.15, 0.2) is 48.8 Å². The smallest absolute Gasteiger partial charge is 0.311 e. The van der Waals surface area contributed by atoms with Crippen molar-refractivity contribution in [1.82, 2.24) is 9.97 Å². The quantitative estimate of drug-likeness (QED) is 0.165. The first-order valence-electron chi connectivity index (χ1n) is 12.1. The first kappa shape index (κ1) is 25.7. The fourth-order valence-corrected chi connectivity index (χ4v) is 3.29. The zero-order valence-corrected chi connectivity index (χ0v) is 19.7. The summed E-state index contributed by atoms with van der Waals surface area (Å²) in [6.45, 7) is 5.98. The van der Waals surface area contributed by atoms with Gasteiger partial charge in [0.25, 0.3) is 0 Å². The van der Waals surface area contributed by atoms with Crippen molar-refractivity contribution in [3.8, 4) is 17.1 Å². The van der Waals surface area contributed by atoms with Crippen molar-refractivity contribution >= 4 is 5.97 Å². The molecule has 0 aliphatic carbocycles. The Kier molecular flexibility index (Phi) is 13.0. The average Bonchev–Trinajstić information content (AvgIpc) is 2.82. The van der Waals surface area contributed by atoms with Crippen molar-refractivity contribution in [2.75, 3.05) is 13.2 Å². The molecule has 0 unspecified atom stereocenters. The lowest BCUT2D eigenvalue weighted by molar-refractivity contribution is -0.134. The van der Waals surface area contributed by atoms with E-state index < -0.39 is 0 Å². The fraction of sp³-hybridized carbons (Fsp3) is 0.519. The summed E-state index contributed by atoms with van der Waals surface area (Å²) in [5.41, 5.74) is 2.28. The number of carbonyl (C=O) groups excluding carboxylic acids is 1. The molecule has 0 aliphatic heterocycles. The first-order valence-corrected chi connectivity index (χ1v) is 12.1. The lowest BCUT2D eigenvalue weighted by Crippen LogP contribution is -2.08. The van der Waals surface area contributed by atoms with Gasteiger partial charge in [-0.3, -0.25) is 4.79 Å². The fourth-order valence-electron chi connectivity index (χ4n) is 3.29. The SMILES string of the molecule is CC/C=C/CCCCC(=O)Oc1cnc(-c2ccc(CCCCCOCCC)cc2)nc1. The summed E-state index contributed by atoms with van der Waals surface area (Å²) < 4.78 is 10.9. The summed E-state index contributed by atoms with van der Waals surface area (Å²) in [4.78, 5) is 20.7. The van der Waals surface area contributed by atoms with Crippen molar-refractivity contribution < 1.29 is 14.3 Å². The summed E-state index contributed by atoms with van der Waals surface area (Å²) in [5.74, 6) is 0.790. The summed E-state index contributed by atoms with van der Waals surface area (Å²) in [7, 11) is 0. The van der Waals surface area contributed by atoms with Crippen molar-refractivity contribution in [2.45, 2.75) is 78.1 Å². The number of ether oxygens (including phenoxy) is 2. The number of aryl methyl sites for hydroxylation is 1. The maximum Gasteiger partial charge on any atom is 0.311 e. The highest BCUT2D eigenvalue weighted by atomic mass is 16.5. The Bertz CT molecular complexity index is 786. The Labute approximate surface area is 193 Å². The molecule has 0 bridgehead atoms. The molecule has 1 aromatic heterocycles. The van der Waals surface area contributed by atoms with Crippen LogP contribution < -0.4 is 4.74 Å². The summed E-state index contributed by atoms with van der Waals surface area (Å²) in [6, 6.07) is 8.37. The van der Waals surface area contributed by atoms with Gasteiger partial charge in [0, 0.05) is 25.2 Å². The van der Waals surface area contributed by atoms with Crippen LogP contribution in [0.25, 0.3) is 11.4 Å². The van der Waals surface area contributed by atoms with Crippen LogP contribution in [0.1, 0.15) is 77.2 Å². The van der Waals surface area contributed by atoms with Crippen molar-refractivity contribution in [1.29, 1.82) is 0 Å². The average molecular weight is 439 g/mol. The molecule has 174 valence electrons. The van der Waals surface area contributed by atoms with Crippen LogP contribution in [0.5, 0.6) is 5.75 Å². The van der Waals surface area contributed by atoms with Gasteiger partial charge in [-0.1, -0.05) is 56.7 Å². The molecule has 2 rings (SSSR count). The number of hydrogen-bond acceptors (Lipinski definition) is 5. The largest absolute Gasteiger partial charge is 0.423 e. The van der Waals surface area contributed by atoms with Crippen molar-refractivity contribution in [3.63, 3.8) is 0 Å². The molecule has 0 N–H and O–H groups in total. The molecular weight excluding hydrogens is 400 g/mol. The molecule has 0 saturated heterocycles. The maximum absolute atomic E-state index is 12.0. The van der Waals surface area contributed by atoms with E-state index in [0.29, 0.717) is 18.0 Å². The lowest BCUT2D eigenvalue weighted by atomic mass is 10.0. The van der Waals surface area contributed by atoms with E-state index >= 15 is 0 Å². The zero-order valence-electron chi connectivity index (χ0n) is 19.7. The summed E-state index contributed by atoms with van der Waals surface area (Å²) in [5, 5.41) is 0. The molecule has 1 heterocycles. The van der Waals surface area contributed by atoms with Gasteiger partial charge in [-0.15, -0.1) is 0 Å². The molecular formula is C27H38N2O3. The van der Waals surface area contributed by atoms with E-state index in [9.17, 15) is 4.79 Å². The molecule has 0 radical (unpaired) electrons. The Morgan fingerprint density at radius 3 is 2.41 bits per heavy atom. The standard InChI is InChI=1S/C27H38N2O3/c1-3-5-6-7-8-11-14-26(30)32-25-21-28-27(29-22-25)24-17-15-23(16-18-24)13-10-9-12-20-31-19-4-2/h5-6,15-18,21-22H,3-4,7-14,19-20H2,1-2H3/b6-5+. The van der Waals surface area contributed by atoms with Crippen molar-refractivity contribution in [3.05, 3.63) is 54.4 Å². The third-order valence-electron chi connectivity index (χ3n) is 5.08. The third-order valence-corrected chi connectivity index (χ3v) is 5.08. The van der Waals surface area contributed by atoms with Crippen molar-refractivity contribution in [2.24, 2.45) is 0 Å². The van der Waals surface area contributed by atoms with Crippen LogP contribution in [-0.2, 0) is 16.0 Å². The van der Waals surface area contributed by atoms with Gasteiger partial charge in [-0.05, 0) is 56.9 Å². The molecule has 5 heteroatoms. The molecule has 0 spiro atoms. The first-order chi connectivity index (χ1) is 15.7. The number of aromatic nitrogens is 2. The number of esters is 1. The minimum atomic E-state index is -0.234. The lowest BCUT2D eigenvalue weighted by Gasteiger charge is -2.06. The topological polar surface area (TPSA) is 61.3 Å². The number of nitrogens with zero attached hydrogens (tertiary/aromatic N) is 2. The van der Waals surface area contributed by atoms with Crippen LogP contribution in [0.2, 0.25) is 0 Å². The molecule has 2 aromatic rings. The van der Waals surface area contributed by atoms with Gasteiger partial charge in [0.2, 0.25) is 0 Å². The van der Waals surface area contributed by atoms with Crippen LogP contribution >= 0.6 is 0 Å². The Morgan fingerprint density at radius 2 is 1.69 bits per heavy atom. The third kappa shape index (κ3) is 10.7. The van der Waals surface area contributed by atoms with Gasteiger partial charge in [0.05, 0.1) is 12.4 Å². The second kappa shape index (κ2) is 16.2. The molecule has 5 nitrogen and oxygen atoms in total. The molecule has 32 heavy (non-hydrogen) atoms. The summed E-state index contributed by atoms with van der Waals surface area (Å²) in [6.07, 6.45) is 17.4. The van der Waals surface area contributed by atoms with Crippen LogP contribution in [0, 0.1) is 0 Å². The highest BCUT2D eigenvalue weighted by molar-refractivity contribution is 5.72. The monoisotopic (exact) mass is 438 g/mol. The van der Waals surface area contributed by atoms with Gasteiger partial charge < -0.3 is 9.47 Å². The normalized spacial score (nSPS) is 11.2. The number of carbonyl (C=O) groups is 1. The second-order valence-corrected chi connectivity index (χ2v) is 7.96. The maximum atomic E-state index is 12.0. The van der Waals surface area contributed by atoms with E-state index in [1.54, 1.807) is 12.4 Å². The van der Waals surface area contributed by atoms with Gasteiger partial charge in [0.1, 0.15) is 0 Å². The van der Waals surface area contributed by atoms with E-state index in [2.05, 4.69) is 48.1 Å². The number of allylic oxidation sites excluding steroid dienone is 2. The molecule has 0 saturated carbocycles. The number of benzene rings is 1. The van der Waals surface area contributed by atoms with E-state index in [-0.39, 0.29) is 5.97 Å². The predicted molar refractivity (Wildman–Crippen MR) is 130 cm³/mol. The van der Waals surface area contributed by atoms with Crippen LogP contribution in [0.4, 0.5) is 0 Å². The number of rotatable bonds is 16. The molecule has 1 aromatic carbocycles.